The summed E-state index contributed by atoms with van der Waals surface area (Å²) >= 11 is 0. The molecule has 1 aliphatic carbocycles. The van der Waals surface area contributed by atoms with Gasteiger partial charge >= 0.3 is 5.97 Å². The Morgan fingerprint density at radius 2 is 1.10 bits per heavy atom. The summed E-state index contributed by atoms with van der Waals surface area (Å²) in [7, 11) is 0. The molecule has 7 aliphatic heterocycles. The van der Waals surface area contributed by atoms with Gasteiger partial charge < -0.3 is 33.2 Å². The Balaban J connectivity index is 0.826. The van der Waals surface area contributed by atoms with Crippen molar-refractivity contribution < 1.29 is 38.0 Å². The van der Waals surface area contributed by atoms with Gasteiger partial charge in [0.15, 0.2) is 0 Å². The maximum atomic E-state index is 12.9. The first-order valence-electron chi connectivity index (χ1n) is 16.9. The van der Waals surface area contributed by atoms with Gasteiger partial charge in [-0.1, -0.05) is 0 Å². The minimum atomic E-state index is -0.134. The van der Waals surface area contributed by atoms with Gasteiger partial charge in [0, 0.05) is 11.8 Å². The molecule has 0 aromatic carbocycles. The first-order chi connectivity index (χ1) is 19.7. The largest absolute Gasteiger partial charge is 0.465 e. The molecule has 7 heterocycles. The second-order valence-corrected chi connectivity index (χ2v) is 17.0. The van der Waals surface area contributed by atoms with Gasteiger partial charge in [0.25, 0.3) is 0 Å². The summed E-state index contributed by atoms with van der Waals surface area (Å²) in [6.45, 7) is 15.9. The minimum Gasteiger partial charge on any atom is -0.465 e. The molecule has 0 N–H and O–H groups in total. The topological polar surface area (TPSA) is 101 Å². The predicted molar refractivity (Wildman–Crippen MR) is 153 cm³/mol. The van der Waals surface area contributed by atoms with Crippen molar-refractivity contribution in [3.63, 3.8) is 0 Å². The van der Waals surface area contributed by atoms with Crippen LogP contribution in [0, 0.1) is 17.8 Å². The molecule has 0 radical (unpaired) electrons. The van der Waals surface area contributed by atoms with Gasteiger partial charge in [-0.25, -0.2) is 0 Å². The van der Waals surface area contributed by atoms with E-state index < -0.39 is 0 Å². The molecule has 8 rings (SSSR count). The summed E-state index contributed by atoms with van der Waals surface area (Å²) in [4.78, 5) is 12.9. The highest BCUT2D eigenvalue weighted by molar-refractivity contribution is 5.75. The Bertz CT molecular complexity index is 1140. The second-order valence-electron chi connectivity index (χ2n) is 17.0. The zero-order chi connectivity index (χ0) is 29.5. The number of cyclic esters (lactones) is 1. The fourth-order valence-electron chi connectivity index (χ4n) is 9.27. The number of fused-ring (bicyclic) bond motifs is 2. The smallest absolute Gasteiger partial charge is 0.309 e. The molecule has 13 atom stereocenters. The van der Waals surface area contributed by atoms with Gasteiger partial charge in [0.1, 0.15) is 0 Å². The highest BCUT2D eigenvalue weighted by Crippen LogP contribution is 2.62. The molecule has 8 fully saturated rings. The Morgan fingerprint density at radius 3 is 1.64 bits per heavy atom. The van der Waals surface area contributed by atoms with Crippen LogP contribution in [0.4, 0.5) is 0 Å². The van der Waals surface area contributed by atoms with Crippen molar-refractivity contribution in [2.24, 2.45) is 17.8 Å². The van der Waals surface area contributed by atoms with E-state index in [-0.39, 0.29) is 69.5 Å². The summed E-state index contributed by atoms with van der Waals surface area (Å²) in [6.07, 6.45) is 11.7. The van der Waals surface area contributed by atoms with Crippen molar-refractivity contribution in [2.45, 2.75) is 183 Å². The quantitative estimate of drug-likeness (QED) is 0.200. The summed E-state index contributed by atoms with van der Waals surface area (Å²) in [6, 6.07) is 0. The molecule has 8 aliphatic rings. The highest BCUT2D eigenvalue weighted by atomic mass is 16.6. The van der Waals surface area contributed by atoms with E-state index >= 15 is 0 Å². The van der Waals surface area contributed by atoms with Gasteiger partial charge in [0.05, 0.1) is 82.8 Å². The molecule has 0 aromatic rings. The average Bonchev–Trinajstić information content (AvgIpc) is 3.67. The third kappa shape index (κ3) is 4.99. The lowest BCUT2D eigenvalue weighted by atomic mass is 9.66. The van der Waals surface area contributed by atoms with Gasteiger partial charge in [-0.15, -0.1) is 0 Å². The Hall–Kier alpha value is -0.770. The first kappa shape index (κ1) is 28.7. The van der Waals surface area contributed by atoms with E-state index in [1.807, 2.05) is 0 Å². The van der Waals surface area contributed by atoms with Gasteiger partial charge in [-0.2, -0.15) is 0 Å². The van der Waals surface area contributed by atoms with E-state index in [9.17, 15) is 4.79 Å². The van der Waals surface area contributed by atoms with Crippen LogP contribution in [0.25, 0.3) is 0 Å². The van der Waals surface area contributed by atoms with E-state index in [2.05, 4.69) is 48.5 Å². The number of hydrogen-bond acceptors (Lipinski definition) is 8. The monoisotopic (exact) mass is 588 g/mol. The lowest BCUT2D eigenvalue weighted by molar-refractivity contribution is -0.143. The number of esters is 1. The normalized spacial score (nSPS) is 54.9. The van der Waals surface area contributed by atoms with Crippen molar-refractivity contribution in [1.82, 2.24) is 0 Å². The second kappa shape index (κ2) is 8.94. The fourth-order valence-corrected chi connectivity index (χ4v) is 9.27. The van der Waals surface area contributed by atoms with E-state index in [1.54, 1.807) is 0 Å². The van der Waals surface area contributed by atoms with Crippen LogP contribution in [0.15, 0.2) is 0 Å². The molecule has 0 spiro atoms. The standard InChI is InChI=1S/C34H52O8/c1-29(2)21(37-29)8-12-31(5)23(39-31)10-14-33(7)25(41-33)16-20-26-19(18-36-28(26)35)17-34(27(20)42-34)15-11-24-32(6,40-24)13-9-22-30(3,4)38-22/h19-27H,8-18H2,1-7H3. The molecular formula is C34H52O8. The Morgan fingerprint density at radius 1 is 0.619 bits per heavy atom. The van der Waals surface area contributed by atoms with E-state index in [0.29, 0.717) is 31.0 Å². The van der Waals surface area contributed by atoms with Crippen molar-refractivity contribution in [2.75, 3.05) is 6.61 Å². The molecule has 1 saturated carbocycles. The molecular weight excluding hydrogens is 536 g/mol. The summed E-state index contributed by atoms with van der Waals surface area (Å²) < 4.78 is 42.5. The third-order valence-corrected chi connectivity index (χ3v) is 13.0. The molecule has 8 heteroatoms. The SMILES string of the molecule is CC1(C)OC1CCC1(C)OC1CCC1(C)OC1CC1C2C(=O)OCC2CC2(CCC3OC3(C)CCC3OC3(C)C)OC12. The number of rotatable bonds is 14. The number of carbonyl (C=O) groups excluding carboxylic acids is 1. The van der Waals surface area contributed by atoms with Crippen LogP contribution >= 0.6 is 0 Å². The first-order valence-corrected chi connectivity index (χ1v) is 16.9. The maximum Gasteiger partial charge on any atom is 0.309 e. The third-order valence-electron chi connectivity index (χ3n) is 13.0. The molecule has 7 saturated heterocycles. The maximum absolute atomic E-state index is 12.9. The van der Waals surface area contributed by atoms with Crippen molar-refractivity contribution >= 4 is 5.97 Å². The van der Waals surface area contributed by atoms with Crippen LogP contribution in [-0.4, -0.2) is 82.8 Å². The van der Waals surface area contributed by atoms with E-state index in [4.69, 9.17) is 33.2 Å². The van der Waals surface area contributed by atoms with Crippen molar-refractivity contribution in [3.05, 3.63) is 0 Å². The summed E-state index contributed by atoms with van der Waals surface area (Å²) in [5.74, 6) is 0.362. The lowest BCUT2D eigenvalue weighted by Crippen LogP contribution is -2.41. The number of epoxide rings is 6. The minimum absolute atomic E-state index is 0.0158. The van der Waals surface area contributed by atoms with Crippen LogP contribution in [0.3, 0.4) is 0 Å². The molecule has 0 bridgehead atoms. The van der Waals surface area contributed by atoms with Crippen LogP contribution in [0.5, 0.6) is 0 Å². The highest BCUT2D eigenvalue weighted by Gasteiger charge is 2.71. The Labute approximate surface area is 251 Å². The van der Waals surface area contributed by atoms with Gasteiger partial charge in [-0.05, 0) is 113 Å². The van der Waals surface area contributed by atoms with Crippen LogP contribution < -0.4 is 0 Å². The molecule has 236 valence electrons. The van der Waals surface area contributed by atoms with E-state index in [1.165, 1.54) is 0 Å². The zero-order valence-electron chi connectivity index (χ0n) is 26.7. The van der Waals surface area contributed by atoms with Crippen LogP contribution in [0.1, 0.15) is 113 Å². The Kier molecular flexibility index (Phi) is 6.10. The van der Waals surface area contributed by atoms with E-state index in [0.717, 1.165) is 64.2 Å². The lowest BCUT2D eigenvalue weighted by Gasteiger charge is -2.32. The van der Waals surface area contributed by atoms with Crippen molar-refractivity contribution in [1.29, 1.82) is 0 Å². The fraction of sp³-hybridized carbons (Fsp3) is 0.971. The van der Waals surface area contributed by atoms with Crippen molar-refractivity contribution in [3.8, 4) is 0 Å². The zero-order valence-corrected chi connectivity index (χ0v) is 26.7. The molecule has 0 amide bonds. The van der Waals surface area contributed by atoms with Gasteiger partial charge in [0.2, 0.25) is 0 Å². The van der Waals surface area contributed by atoms with Gasteiger partial charge in [-0.3, -0.25) is 4.79 Å². The molecule has 13 unspecified atom stereocenters. The van der Waals surface area contributed by atoms with Crippen LogP contribution in [-0.2, 0) is 38.0 Å². The molecule has 8 nitrogen and oxygen atoms in total. The molecule has 0 aromatic heterocycles. The number of carbonyl (C=O) groups is 1. The molecule has 42 heavy (non-hydrogen) atoms. The summed E-state index contributed by atoms with van der Waals surface area (Å²) in [5.41, 5.74) is -0.212. The number of hydrogen-bond donors (Lipinski definition) is 0. The predicted octanol–water partition coefficient (Wildman–Crippen LogP) is 5.27. The summed E-state index contributed by atoms with van der Waals surface area (Å²) in [5, 5.41) is 0. The number of ether oxygens (including phenoxy) is 7. The average molecular weight is 589 g/mol. The van der Waals surface area contributed by atoms with Crippen LogP contribution in [0.2, 0.25) is 0 Å².